The number of thiocarbonyl (C=S) groups is 1. The number of para-hydroxylation sites is 1. The molecule has 5 heteroatoms. The van der Waals surface area contributed by atoms with E-state index >= 15 is 0 Å². The number of aromatic nitrogens is 2. The predicted octanol–water partition coefficient (Wildman–Crippen LogP) is 3.29. The molecular formula is C18H22N4S. The SMILES string of the molecule is CCNC(=S)NCCn1c2ccccc2c2c(C)cc(C)nc21. The van der Waals surface area contributed by atoms with Crippen molar-refractivity contribution in [3.63, 3.8) is 0 Å². The molecule has 0 saturated heterocycles. The van der Waals surface area contributed by atoms with Gasteiger partial charge in [0.05, 0.1) is 5.52 Å². The number of nitrogens with one attached hydrogen (secondary N) is 2. The first-order valence-electron chi connectivity index (χ1n) is 7.98. The van der Waals surface area contributed by atoms with E-state index in [1.165, 1.54) is 21.9 Å². The number of pyridine rings is 1. The van der Waals surface area contributed by atoms with Gasteiger partial charge in [-0.1, -0.05) is 18.2 Å². The minimum absolute atomic E-state index is 0.702. The van der Waals surface area contributed by atoms with Gasteiger partial charge in [-0.15, -0.1) is 0 Å². The molecular weight excluding hydrogens is 304 g/mol. The van der Waals surface area contributed by atoms with Crippen LogP contribution in [0.2, 0.25) is 0 Å². The van der Waals surface area contributed by atoms with E-state index in [9.17, 15) is 0 Å². The maximum Gasteiger partial charge on any atom is 0.166 e. The first kappa shape index (κ1) is 15.7. The van der Waals surface area contributed by atoms with Crippen molar-refractivity contribution >= 4 is 39.3 Å². The topological polar surface area (TPSA) is 41.9 Å². The molecule has 2 aromatic heterocycles. The number of hydrogen-bond acceptors (Lipinski definition) is 2. The number of rotatable bonds is 4. The Morgan fingerprint density at radius 1 is 1.22 bits per heavy atom. The average Bonchev–Trinajstić information content (AvgIpc) is 2.82. The first-order chi connectivity index (χ1) is 11.1. The lowest BCUT2D eigenvalue weighted by Crippen LogP contribution is -2.36. The molecule has 23 heavy (non-hydrogen) atoms. The number of fused-ring (bicyclic) bond motifs is 3. The third-order valence-electron chi connectivity index (χ3n) is 4.00. The van der Waals surface area contributed by atoms with E-state index in [-0.39, 0.29) is 0 Å². The standard InChI is InChI=1S/C18H22N4S/c1-4-19-18(23)20-9-10-22-15-8-6-5-7-14(15)16-12(2)11-13(3)21-17(16)22/h5-8,11H,4,9-10H2,1-3H3,(H2,19,20,23). The predicted molar refractivity (Wildman–Crippen MR) is 101 cm³/mol. The Labute approximate surface area is 141 Å². The van der Waals surface area contributed by atoms with Crippen LogP contribution in [0.3, 0.4) is 0 Å². The van der Waals surface area contributed by atoms with Gasteiger partial charge in [0.15, 0.2) is 5.11 Å². The van der Waals surface area contributed by atoms with Gasteiger partial charge in [-0.25, -0.2) is 4.98 Å². The van der Waals surface area contributed by atoms with Crippen LogP contribution in [0.4, 0.5) is 0 Å². The molecule has 0 atom stereocenters. The van der Waals surface area contributed by atoms with Gasteiger partial charge in [0.2, 0.25) is 0 Å². The molecule has 0 bridgehead atoms. The van der Waals surface area contributed by atoms with Gasteiger partial charge >= 0.3 is 0 Å². The van der Waals surface area contributed by atoms with Gasteiger partial charge in [0, 0.05) is 36.1 Å². The summed E-state index contributed by atoms with van der Waals surface area (Å²) in [5.41, 5.74) is 4.61. The van der Waals surface area contributed by atoms with Crippen molar-refractivity contribution in [2.24, 2.45) is 0 Å². The summed E-state index contributed by atoms with van der Waals surface area (Å²) in [7, 11) is 0. The largest absolute Gasteiger partial charge is 0.363 e. The second kappa shape index (κ2) is 6.54. The average molecular weight is 326 g/mol. The summed E-state index contributed by atoms with van der Waals surface area (Å²) in [5.74, 6) is 0. The highest BCUT2D eigenvalue weighted by Gasteiger charge is 2.13. The molecule has 0 unspecified atom stereocenters. The molecule has 0 fully saturated rings. The first-order valence-corrected chi connectivity index (χ1v) is 8.39. The quantitative estimate of drug-likeness (QED) is 0.722. The van der Waals surface area contributed by atoms with E-state index in [0.29, 0.717) is 5.11 Å². The minimum atomic E-state index is 0.702. The summed E-state index contributed by atoms with van der Waals surface area (Å²) in [6, 6.07) is 10.7. The molecule has 0 saturated carbocycles. The summed E-state index contributed by atoms with van der Waals surface area (Å²) < 4.78 is 2.28. The molecule has 1 aromatic carbocycles. The second-order valence-electron chi connectivity index (χ2n) is 5.73. The van der Waals surface area contributed by atoms with Gasteiger partial charge in [-0.05, 0) is 50.7 Å². The van der Waals surface area contributed by atoms with Crippen molar-refractivity contribution in [2.45, 2.75) is 27.3 Å². The maximum absolute atomic E-state index is 5.23. The Bertz CT molecular complexity index is 866. The Morgan fingerprint density at radius 2 is 2.00 bits per heavy atom. The molecule has 3 aromatic rings. The molecule has 3 rings (SSSR count). The summed E-state index contributed by atoms with van der Waals surface area (Å²) >= 11 is 5.23. The normalized spacial score (nSPS) is 11.1. The molecule has 0 aliphatic carbocycles. The molecule has 4 nitrogen and oxygen atoms in total. The van der Waals surface area contributed by atoms with Crippen LogP contribution in [0.25, 0.3) is 21.9 Å². The highest BCUT2D eigenvalue weighted by atomic mass is 32.1. The van der Waals surface area contributed by atoms with Gasteiger partial charge in [0.1, 0.15) is 5.65 Å². The van der Waals surface area contributed by atoms with E-state index in [0.717, 1.165) is 31.0 Å². The zero-order valence-electron chi connectivity index (χ0n) is 13.8. The number of nitrogens with zero attached hydrogens (tertiary/aromatic N) is 2. The van der Waals surface area contributed by atoms with Crippen LogP contribution in [-0.4, -0.2) is 27.8 Å². The Hall–Kier alpha value is -2.14. The van der Waals surface area contributed by atoms with Crippen molar-refractivity contribution in [3.8, 4) is 0 Å². The minimum Gasteiger partial charge on any atom is -0.363 e. The highest BCUT2D eigenvalue weighted by molar-refractivity contribution is 7.80. The fourth-order valence-corrected chi connectivity index (χ4v) is 3.36. The number of hydrogen-bond donors (Lipinski definition) is 2. The van der Waals surface area contributed by atoms with E-state index in [1.54, 1.807) is 0 Å². The monoisotopic (exact) mass is 326 g/mol. The Balaban J connectivity index is 2.02. The van der Waals surface area contributed by atoms with Gasteiger partial charge in [-0.2, -0.15) is 0 Å². The lowest BCUT2D eigenvalue weighted by atomic mass is 10.1. The lowest BCUT2D eigenvalue weighted by Gasteiger charge is -2.11. The third kappa shape index (κ3) is 3.01. The summed E-state index contributed by atoms with van der Waals surface area (Å²) in [6.45, 7) is 8.68. The van der Waals surface area contributed by atoms with Crippen LogP contribution in [0.5, 0.6) is 0 Å². The van der Waals surface area contributed by atoms with Crippen molar-refractivity contribution in [2.75, 3.05) is 13.1 Å². The van der Waals surface area contributed by atoms with Gasteiger partial charge < -0.3 is 15.2 Å². The zero-order chi connectivity index (χ0) is 16.4. The van der Waals surface area contributed by atoms with E-state index in [2.05, 4.69) is 52.5 Å². The second-order valence-corrected chi connectivity index (χ2v) is 6.14. The fourth-order valence-electron chi connectivity index (χ4n) is 3.11. The molecule has 0 aliphatic heterocycles. The van der Waals surface area contributed by atoms with Crippen molar-refractivity contribution in [1.29, 1.82) is 0 Å². The van der Waals surface area contributed by atoms with Crippen LogP contribution < -0.4 is 10.6 Å². The summed E-state index contributed by atoms with van der Waals surface area (Å²) in [5, 5.41) is 9.58. The molecule has 2 N–H and O–H groups in total. The molecule has 0 aliphatic rings. The zero-order valence-corrected chi connectivity index (χ0v) is 14.6. The maximum atomic E-state index is 5.23. The van der Waals surface area contributed by atoms with Crippen LogP contribution in [0.15, 0.2) is 30.3 Å². The molecule has 2 heterocycles. The van der Waals surface area contributed by atoms with Crippen molar-refractivity contribution in [1.82, 2.24) is 20.2 Å². The highest BCUT2D eigenvalue weighted by Crippen LogP contribution is 2.30. The number of benzene rings is 1. The van der Waals surface area contributed by atoms with Crippen molar-refractivity contribution in [3.05, 3.63) is 41.6 Å². The third-order valence-corrected chi connectivity index (χ3v) is 4.29. The van der Waals surface area contributed by atoms with Gasteiger partial charge in [0.25, 0.3) is 0 Å². The summed E-state index contributed by atoms with van der Waals surface area (Å²) in [6.07, 6.45) is 0. The number of aryl methyl sites for hydroxylation is 2. The lowest BCUT2D eigenvalue weighted by molar-refractivity contribution is 0.700. The smallest absolute Gasteiger partial charge is 0.166 e. The van der Waals surface area contributed by atoms with Crippen LogP contribution in [-0.2, 0) is 6.54 Å². The van der Waals surface area contributed by atoms with Crippen LogP contribution >= 0.6 is 12.2 Å². The van der Waals surface area contributed by atoms with Gasteiger partial charge in [-0.3, -0.25) is 0 Å². The Morgan fingerprint density at radius 3 is 2.78 bits per heavy atom. The van der Waals surface area contributed by atoms with E-state index in [4.69, 9.17) is 17.2 Å². The summed E-state index contributed by atoms with van der Waals surface area (Å²) in [4.78, 5) is 4.79. The molecule has 0 radical (unpaired) electrons. The Kier molecular flexibility index (Phi) is 4.48. The van der Waals surface area contributed by atoms with Crippen molar-refractivity contribution < 1.29 is 0 Å². The van der Waals surface area contributed by atoms with Crippen LogP contribution in [0.1, 0.15) is 18.2 Å². The molecule has 0 amide bonds. The molecule has 120 valence electrons. The van der Waals surface area contributed by atoms with Crippen LogP contribution in [0, 0.1) is 13.8 Å². The van der Waals surface area contributed by atoms with E-state index in [1.807, 2.05) is 13.8 Å². The van der Waals surface area contributed by atoms with E-state index < -0.39 is 0 Å². The molecule has 0 spiro atoms. The fraction of sp³-hybridized carbons (Fsp3) is 0.333.